The number of aryl methyl sites for hydroxylation is 3. The molecule has 0 aliphatic rings. The van der Waals surface area contributed by atoms with Crippen molar-refractivity contribution in [3.63, 3.8) is 0 Å². The molecule has 134 valence electrons. The number of hydrogen-bond donors (Lipinski definition) is 1. The molecule has 1 unspecified atom stereocenters. The van der Waals surface area contributed by atoms with Gasteiger partial charge in [-0.2, -0.15) is 0 Å². The van der Waals surface area contributed by atoms with E-state index in [1.807, 2.05) is 43.3 Å². The molecule has 0 saturated heterocycles. The molecule has 0 aromatic heterocycles. The Morgan fingerprint density at radius 1 is 0.923 bits per heavy atom. The molecular formula is C23H25NO2. The van der Waals surface area contributed by atoms with Crippen LogP contribution in [0.15, 0.2) is 54.6 Å². The highest BCUT2D eigenvalue weighted by Gasteiger charge is 2.13. The number of fused-ring (bicyclic) bond motifs is 1. The minimum Gasteiger partial charge on any atom is -0.484 e. The molecular weight excluding hydrogens is 322 g/mol. The zero-order chi connectivity index (χ0) is 18.7. The van der Waals surface area contributed by atoms with Crippen molar-refractivity contribution in [2.45, 2.75) is 33.7 Å². The molecule has 3 nitrogen and oxygen atoms in total. The van der Waals surface area contributed by atoms with E-state index in [1.165, 1.54) is 16.7 Å². The highest BCUT2D eigenvalue weighted by atomic mass is 16.5. The summed E-state index contributed by atoms with van der Waals surface area (Å²) in [6, 6.07) is 18.2. The van der Waals surface area contributed by atoms with Crippen LogP contribution in [-0.2, 0) is 4.79 Å². The van der Waals surface area contributed by atoms with Crippen LogP contribution >= 0.6 is 0 Å². The Hall–Kier alpha value is -2.81. The Morgan fingerprint density at radius 3 is 2.38 bits per heavy atom. The van der Waals surface area contributed by atoms with Crippen LogP contribution in [0.2, 0.25) is 0 Å². The summed E-state index contributed by atoms with van der Waals surface area (Å²) >= 11 is 0. The van der Waals surface area contributed by atoms with Crippen LogP contribution in [0.1, 0.15) is 35.2 Å². The van der Waals surface area contributed by atoms with E-state index in [1.54, 1.807) is 0 Å². The van der Waals surface area contributed by atoms with Crippen LogP contribution in [0.3, 0.4) is 0 Å². The number of amides is 1. The number of rotatable bonds is 5. The monoisotopic (exact) mass is 347 g/mol. The first-order valence-electron chi connectivity index (χ1n) is 8.93. The Labute approximate surface area is 155 Å². The highest BCUT2D eigenvalue weighted by Crippen LogP contribution is 2.22. The predicted molar refractivity (Wildman–Crippen MR) is 107 cm³/mol. The van der Waals surface area contributed by atoms with Gasteiger partial charge in [-0.25, -0.2) is 0 Å². The molecule has 0 fully saturated rings. The maximum Gasteiger partial charge on any atom is 0.258 e. The SMILES string of the molecule is Cc1cc(C)c(C(C)NC(=O)COc2ccc3ccccc3c2)cc1C. The topological polar surface area (TPSA) is 38.3 Å². The van der Waals surface area contributed by atoms with Crippen molar-refractivity contribution >= 4 is 16.7 Å². The molecule has 0 saturated carbocycles. The number of benzene rings is 3. The van der Waals surface area contributed by atoms with Crippen molar-refractivity contribution in [2.75, 3.05) is 6.61 Å². The van der Waals surface area contributed by atoms with Gasteiger partial charge in [0.2, 0.25) is 0 Å². The van der Waals surface area contributed by atoms with Crippen molar-refractivity contribution < 1.29 is 9.53 Å². The number of carbonyl (C=O) groups is 1. The predicted octanol–water partition coefficient (Wildman–Crippen LogP) is 5.02. The summed E-state index contributed by atoms with van der Waals surface area (Å²) in [5.74, 6) is 0.581. The third kappa shape index (κ3) is 4.05. The van der Waals surface area contributed by atoms with Crippen molar-refractivity contribution in [1.29, 1.82) is 0 Å². The Bertz CT molecular complexity index is 946. The van der Waals surface area contributed by atoms with Crippen molar-refractivity contribution in [1.82, 2.24) is 5.32 Å². The molecule has 0 radical (unpaired) electrons. The van der Waals surface area contributed by atoms with E-state index >= 15 is 0 Å². The van der Waals surface area contributed by atoms with Crippen molar-refractivity contribution in [3.8, 4) is 5.75 Å². The second-order valence-electron chi connectivity index (χ2n) is 6.88. The van der Waals surface area contributed by atoms with Crippen molar-refractivity contribution in [3.05, 3.63) is 76.9 Å². The average Bonchev–Trinajstić information content (AvgIpc) is 2.62. The van der Waals surface area contributed by atoms with Crippen LogP contribution in [0.5, 0.6) is 5.75 Å². The summed E-state index contributed by atoms with van der Waals surface area (Å²) in [6.45, 7) is 8.29. The van der Waals surface area contributed by atoms with Gasteiger partial charge in [0, 0.05) is 0 Å². The number of carbonyl (C=O) groups excluding carboxylic acids is 1. The summed E-state index contributed by atoms with van der Waals surface area (Å²) < 4.78 is 5.67. The van der Waals surface area contributed by atoms with Crippen LogP contribution < -0.4 is 10.1 Å². The minimum atomic E-state index is -0.122. The van der Waals surface area contributed by atoms with Crippen LogP contribution in [0, 0.1) is 20.8 Å². The lowest BCUT2D eigenvalue weighted by Gasteiger charge is -2.18. The van der Waals surface area contributed by atoms with Gasteiger partial charge in [0.25, 0.3) is 5.91 Å². The fraction of sp³-hybridized carbons (Fsp3) is 0.261. The summed E-state index contributed by atoms with van der Waals surface area (Å²) in [6.07, 6.45) is 0. The van der Waals surface area contributed by atoms with Gasteiger partial charge in [0.15, 0.2) is 6.61 Å². The Balaban J connectivity index is 1.62. The quantitative estimate of drug-likeness (QED) is 0.704. The maximum atomic E-state index is 12.3. The van der Waals surface area contributed by atoms with E-state index in [0.29, 0.717) is 5.75 Å². The second kappa shape index (κ2) is 7.61. The van der Waals surface area contributed by atoms with Crippen LogP contribution in [0.4, 0.5) is 0 Å². The van der Waals surface area contributed by atoms with Gasteiger partial charge in [0.05, 0.1) is 6.04 Å². The van der Waals surface area contributed by atoms with Gasteiger partial charge in [-0.3, -0.25) is 4.79 Å². The molecule has 1 N–H and O–H groups in total. The van der Waals surface area contributed by atoms with E-state index in [9.17, 15) is 4.79 Å². The average molecular weight is 347 g/mol. The third-order valence-corrected chi connectivity index (χ3v) is 4.82. The fourth-order valence-electron chi connectivity index (χ4n) is 3.22. The minimum absolute atomic E-state index is 0.00652. The molecule has 3 aromatic rings. The normalized spacial score (nSPS) is 12.0. The van der Waals surface area contributed by atoms with Gasteiger partial charge >= 0.3 is 0 Å². The molecule has 0 heterocycles. The van der Waals surface area contributed by atoms with E-state index in [4.69, 9.17) is 4.74 Å². The smallest absolute Gasteiger partial charge is 0.258 e. The molecule has 0 spiro atoms. The van der Waals surface area contributed by atoms with Gasteiger partial charge in [-0.15, -0.1) is 0 Å². The van der Waals surface area contributed by atoms with Gasteiger partial charge < -0.3 is 10.1 Å². The first kappa shape index (κ1) is 18.0. The molecule has 3 aromatic carbocycles. The molecule has 0 bridgehead atoms. The largest absolute Gasteiger partial charge is 0.484 e. The standard InChI is InChI=1S/C23H25NO2/c1-15-11-17(3)22(12-16(15)2)18(4)24-23(25)14-26-21-10-9-19-7-5-6-8-20(19)13-21/h5-13,18H,14H2,1-4H3,(H,24,25). The number of hydrogen-bond acceptors (Lipinski definition) is 2. The first-order chi connectivity index (χ1) is 12.4. The molecule has 1 amide bonds. The molecule has 3 rings (SSSR count). The fourth-order valence-corrected chi connectivity index (χ4v) is 3.22. The molecule has 3 heteroatoms. The molecule has 0 aliphatic heterocycles. The highest BCUT2D eigenvalue weighted by molar-refractivity contribution is 5.84. The maximum absolute atomic E-state index is 12.3. The summed E-state index contributed by atoms with van der Waals surface area (Å²) in [4.78, 5) is 12.3. The lowest BCUT2D eigenvalue weighted by atomic mass is 9.96. The van der Waals surface area contributed by atoms with E-state index in [2.05, 4.69) is 44.3 Å². The van der Waals surface area contributed by atoms with Gasteiger partial charge in [-0.1, -0.05) is 42.5 Å². The lowest BCUT2D eigenvalue weighted by molar-refractivity contribution is -0.123. The third-order valence-electron chi connectivity index (χ3n) is 4.82. The zero-order valence-corrected chi connectivity index (χ0v) is 15.8. The Morgan fingerprint density at radius 2 is 1.62 bits per heavy atom. The number of nitrogens with one attached hydrogen (secondary N) is 1. The van der Waals surface area contributed by atoms with Crippen LogP contribution in [0.25, 0.3) is 10.8 Å². The molecule has 0 aliphatic carbocycles. The van der Waals surface area contributed by atoms with Gasteiger partial charge in [-0.05, 0) is 72.9 Å². The van der Waals surface area contributed by atoms with E-state index in [-0.39, 0.29) is 18.6 Å². The zero-order valence-electron chi connectivity index (χ0n) is 15.8. The summed E-state index contributed by atoms with van der Waals surface area (Å²) in [5, 5.41) is 5.28. The number of ether oxygens (including phenoxy) is 1. The first-order valence-corrected chi connectivity index (χ1v) is 8.93. The van der Waals surface area contributed by atoms with Crippen molar-refractivity contribution in [2.24, 2.45) is 0 Å². The summed E-state index contributed by atoms with van der Waals surface area (Å²) in [5.41, 5.74) is 4.84. The summed E-state index contributed by atoms with van der Waals surface area (Å²) in [7, 11) is 0. The van der Waals surface area contributed by atoms with Gasteiger partial charge in [0.1, 0.15) is 5.75 Å². The lowest BCUT2D eigenvalue weighted by Crippen LogP contribution is -2.31. The van der Waals surface area contributed by atoms with Crippen LogP contribution in [-0.4, -0.2) is 12.5 Å². The Kier molecular flexibility index (Phi) is 5.27. The molecule has 26 heavy (non-hydrogen) atoms. The second-order valence-corrected chi connectivity index (χ2v) is 6.88. The molecule has 1 atom stereocenters. The van der Waals surface area contributed by atoms with E-state index < -0.39 is 0 Å². The van der Waals surface area contributed by atoms with E-state index in [0.717, 1.165) is 16.3 Å².